The summed E-state index contributed by atoms with van der Waals surface area (Å²) in [7, 11) is 0. The standard InChI is InChI=1S/C21H16O8/c1-9-5-14-18(16(6-9)28-11(3)23)21(26)19-15(20(14)25)7-13(27-10(2)22)8-17(19)29-12(4)24/h5-8H,1-4H3. The number of hydrogen-bond acceptors (Lipinski definition) is 8. The lowest BCUT2D eigenvalue weighted by Gasteiger charge is -2.22. The monoisotopic (exact) mass is 396 g/mol. The van der Waals surface area contributed by atoms with Gasteiger partial charge >= 0.3 is 17.9 Å². The van der Waals surface area contributed by atoms with E-state index in [4.69, 9.17) is 14.2 Å². The van der Waals surface area contributed by atoms with E-state index in [1.54, 1.807) is 6.92 Å². The Morgan fingerprint density at radius 2 is 1.14 bits per heavy atom. The lowest BCUT2D eigenvalue weighted by Crippen LogP contribution is -2.24. The van der Waals surface area contributed by atoms with Crippen LogP contribution < -0.4 is 14.2 Å². The third-order valence-corrected chi connectivity index (χ3v) is 4.03. The number of fused-ring (bicyclic) bond motifs is 2. The maximum absolute atomic E-state index is 13.3. The van der Waals surface area contributed by atoms with Crippen molar-refractivity contribution in [2.45, 2.75) is 27.7 Å². The quantitative estimate of drug-likeness (QED) is 0.490. The molecule has 0 unspecified atom stereocenters. The van der Waals surface area contributed by atoms with Crippen molar-refractivity contribution in [1.82, 2.24) is 0 Å². The second-order valence-electron chi connectivity index (χ2n) is 6.47. The van der Waals surface area contributed by atoms with Gasteiger partial charge in [-0.15, -0.1) is 0 Å². The molecule has 1 aliphatic carbocycles. The van der Waals surface area contributed by atoms with Gasteiger partial charge in [-0.2, -0.15) is 0 Å². The highest BCUT2D eigenvalue weighted by Gasteiger charge is 2.36. The summed E-state index contributed by atoms with van der Waals surface area (Å²) in [5.74, 6) is -3.60. The molecule has 148 valence electrons. The van der Waals surface area contributed by atoms with E-state index in [0.717, 1.165) is 6.92 Å². The van der Waals surface area contributed by atoms with Gasteiger partial charge < -0.3 is 14.2 Å². The lowest BCUT2D eigenvalue weighted by molar-refractivity contribution is -0.133. The van der Waals surface area contributed by atoms with Crippen molar-refractivity contribution in [3.8, 4) is 17.2 Å². The average Bonchev–Trinajstić information content (AvgIpc) is 2.57. The molecule has 1 aliphatic rings. The Hall–Kier alpha value is -3.81. The van der Waals surface area contributed by atoms with Crippen LogP contribution in [-0.2, 0) is 14.4 Å². The van der Waals surface area contributed by atoms with Crippen molar-refractivity contribution in [2.75, 3.05) is 0 Å². The molecule has 29 heavy (non-hydrogen) atoms. The average molecular weight is 396 g/mol. The normalized spacial score (nSPS) is 12.0. The molecule has 2 aromatic rings. The molecule has 0 heterocycles. The third-order valence-electron chi connectivity index (χ3n) is 4.03. The minimum Gasteiger partial charge on any atom is -0.427 e. The first-order valence-corrected chi connectivity index (χ1v) is 8.55. The molecule has 0 spiro atoms. The van der Waals surface area contributed by atoms with Gasteiger partial charge in [0.1, 0.15) is 17.2 Å². The summed E-state index contributed by atoms with van der Waals surface area (Å²) >= 11 is 0. The summed E-state index contributed by atoms with van der Waals surface area (Å²) < 4.78 is 15.2. The van der Waals surface area contributed by atoms with Crippen LogP contribution in [0.1, 0.15) is 58.2 Å². The van der Waals surface area contributed by atoms with Crippen LogP contribution in [0.5, 0.6) is 17.2 Å². The molecule has 0 bridgehead atoms. The van der Waals surface area contributed by atoms with Gasteiger partial charge in [-0.25, -0.2) is 0 Å². The van der Waals surface area contributed by atoms with Gasteiger partial charge in [0.05, 0.1) is 11.1 Å². The van der Waals surface area contributed by atoms with Crippen LogP contribution in [-0.4, -0.2) is 29.5 Å². The first-order chi connectivity index (χ1) is 13.6. The van der Waals surface area contributed by atoms with E-state index in [1.165, 1.54) is 38.1 Å². The molecular weight excluding hydrogens is 380 g/mol. The zero-order chi connectivity index (χ0) is 21.5. The zero-order valence-electron chi connectivity index (χ0n) is 16.1. The Bertz CT molecular complexity index is 1110. The zero-order valence-corrected chi connectivity index (χ0v) is 16.1. The highest BCUT2D eigenvalue weighted by Crippen LogP contribution is 2.40. The van der Waals surface area contributed by atoms with Crippen molar-refractivity contribution >= 4 is 29.5 Å². The Balaban J connectivity index is 2.29. The minimum atomic E-state index is -0.734. The van der Waals surface area contributed by atoms with E-state index >= 15 is 0 Å². The van der Waals surface area contributed by atoms with E-state index < -0.39 is 29.5 Å². The number of carbonyl (C=O) groups is 5. The summed E-state index contributed by atoms with van der Waals surface area (Å²) in [6.07, 6.45) is 0. The van der Waals surface area contributed by atoms with E-state index in [9.17, 15) is 24.0 Å². The molecule has 0 aromatic heterocycles. The van der Waals surface area contributed by atoms with Gasteiger partial charge in [0, 0.05) is 38.0 Å². The second-order valence-corrected chi connectivity index (χ2v) is 6.47. The number of ketones is 2. The molecule has 0 saturated carbocycles. The Morgan fingerprint density at radius 3 is 1.66 bits per heavy atom. The van der Waals surface area contributed by atoms with Crippen molar-refractivity contribution in [3.63, 3.8) is 0 Å². The fourth-order valence-electron chi connectivity index (χ4n) is 3.14. The van der Waals surface area contributed by atoms with Crippen LogP contribution in [0, 0.1) is 6.92 Å². The summed E-state index contributed by atoms with van der Waals surface area (Å²) in [4.78, 5) is 60.7. The van der Waals surface area contributed by atoms with Crippen molar-refractivity contribution in [1.29, 1.82) is 0 Å². The molecule has 0 saturated heterocycles. The number of carbonyl (C=O) groups excluding carboxylic acids is 5. The second kappa shape index (κ2) is 7.31. The molecular formula is C21H16O8. The number of ether oxygens (including phenoxy) is 3. The number of rotatable bonds is 3. The Kier molecular flexibility index (Phi) is 5.02. The number of aryl methyl sites for hydroxylation is 1. The molecule has 0 atom stereocenters. The minimum absolute atomic E-state index is 0.0347. The van der Waals surface area contributed by atoms with E-state index in [-0.39, 0.29) is 39.5 Å². The highest BCUT2D eigenvalue weighted by molar-refractivity contribution is 6.30. The molecule has 0 radical (unpaired) electrons. The molecule has 0 aliphatic heterocycles. The van der Waals surface area contributed by atoms with Crippen molar-refractivity contribution < 1.29 is 38.2 Å². The molecule has 2 aromatic carbocycles. The Labute approximate surface area is 165 Å². The summed E-state index contributed by atoms with van der Waals surface area (Å²) in [5.41, 5.74) is 0.271. The first-order valence-electron chi connectivity index (χ1n) is 8.55. The maximum atomic E-state index is 13.3. The summed E-state index contributed by atoms with van der Waals surface area (Å²) in [6.45, 7) is 5.15. The molecule has 0 amide bonds. The fraction of sp³-hybridized carbons (Fsp3) is 0.190. The molecule has 8 heteroatoms. The van der Waals surface area contributed by atoms with Gasteiger partial charge in [0.25, 0.3) is 0 Å². The van der Waals surface area contributed by atoms with E-state index in [1.807, 2.05) is 0 Å². The van der Waals surface area contributed by atoms with Gasteiger partial charge in [-0.3, -0.25) is 24.0 Å². The van der Waals surface area contributed by atoms with Gasteiger partial charge in [-0.05, 0) is 30.7 Å². The van der Waals surface area contributed by atoms with Crippen LogP contribution in [0.2, 0.25) is 0 Å². The predicted octanol–water partition coefficient (Wildman–Crippen LogP) is 2.55. The SMILES string of the molecule is CC(=O)Oc1cc(OC(C)=O)c2c(c1)C(=O)c1cc(C)cc(OC(C)=O)c1C2=O. The molecule has 0 fully saturated rings. The van der Waals surface area contributed by atoms with Crippen LogP contribution in [0.25, 0.3) is 0 Å². The van der Waals surface area contributed by atoms with Gasteiger partial charge in [0.2, 0.25) is 5.78 Å². The highest BCUT2D eigenvalue weighted by atomic mass is 16.5. The van der Waals surface area contributed by atoms with Crippen molar-refractivity contribution in [3.05, 3.63) is 52.1 Å². The molecule has 0 N–H and O–H groups in total. The first kappa shape index (κ1) is 19.9. The van der Waals surface area contributed by atoms with Crippen LogP contribution in [0.15, 0.2) is 24.3 Å². The van der Waals surface area contributed by atoms with Crippen LogP contribution in [0.4, 0.5) is 0 Å². The summed E-state index contributed by atoms with van der Waals surface area (Å²) in [6, 6.07) is 5.38. The van der Waals surface area contributed by atoms with Crippen molar-refractivity contribution in [2.24, 2.45) is 0 Å². The van der Waals surface area contributed by atoms with Gasteiger partial charge in [-0.1, -0.05) is 0 Å². The Morgan fingerprint density at radius 1 is 0.655 bits per heavy atom. The fourth-order valence-corrected chi connectivity index (χ4v) is 3.14. The van der Waals surface area contributed by atoms with Gasteiger partial charge in [0.15, 0.2) is 5.78 Å². The molecule has 3 rings (SSSR count). The largest absolute Gasteiger partial charge is 0.427 e. The smallest absolute Gasteiger partial charge is 0.308 e. The molecule has 8 nitrogen and oxygen atoms in total. The maximum Gasteiger partial charge on any atom is 0.308 e. The predicted molar refractivity (Wildman–Crippen MR) is 98.4 cm³/mol. The van der Waals surface area contributed by atoms with Crippen LogP contribution in [0.3, 0.4) is 0 Å². The summed E-state index contributed by atoms with van der Waals surface area (Å²) in [5, 5.41) is 0. The topological polar surface area (TPSA) is 113 Å². The van der Waals surface area contributed by atoms with Crippen LogP contribution >= 0.6 is 0 Å². The third kappa shape index (κ3) is 3.77. The number of hydrogen-bond donors (Lipinski definition) is 0. The van der Waals surface area contributed by atoms with E-state index in [2.05, 4.69) is 0 Å². The number of benzene rings is 2. The van der Waals surface area contributed by atoms with E-state index in [0.29, 0.717) is 5.56 Å². The lowest BCUT2D eigenvalue weighted by atomic mass is 9.82. The number of esters is 3.